The van der Waals surface area contributed by atoms with Crippen molar-refractivity contribution in [3.05, 3.63) is 28.6 Å². The molecule has 0 bridgehead atoms. The van der Waals surface area contributed by atoms with E-state index in [1.165, 1.54) is 0 Å². The molecule has 0 aromatic carbocycles. The molecule has 1 heterocycles. The van der Waals surface area contributed by atoms with Gasteiger partial charge in [0.2, 0.25) is 0 Å². The molecule has 0 aliphatic heterocycles. The van der Waals surface area contributed by atoms with Crippen LogP contribution in [-0.2, 0) is 12.7 Å². The number of carboxylic acids is 1. The van der Waals surface area contributed by atoms with Crippen LogP contribution in [0.4, 0.5) is 22.0 Å². The molecule has 0 fully saturated rings. The summed E-state index contributed by atoms with van der Waals surface area (Å²) in [6.45, 7) is -0.650. The first kappa shape index (κ1) is 14.3. The lowest BCUT2D eigenvalue weighted by molar-refractivity contribution is -0.140. The van der Waals surface area contributed by atoms with E-state index in [-0.39, 0.29) is 0 Å². The number of alkyl halides is 5. The highest BCUT2D eigenvalue weighted by molar-refractivity contribution is 5.89. The number of carbonyl (C=O) groups is 1. The van der Waals surface area contributed by atoms with Crippen molar-refractivity contribution in [3.63, 3.8) is 0 Å². The maximum absolute atomic E-state index is 12.7. The van der Waals surface area contributed by atoms with E-state index in [0.29, 0.717) is 6.20 Å². The Balaban J connectivity index is 3.71. The predicted molar refractivity (Wildman–Crippen MR) is 49.0 cm³/mol. The Morgan fingerprint density at radius 1 is 1.44 bits per heavy atom. The summed E-state index contributed by atoms with van der Waals surface area (Å²) in [5.41, 5.74) is -0.370. The highest BCUT2D eigenvalue weighted by atomic mass is 19.4. The fourth-order valence-electron chi connectivity index (χ4n) is 1.43. The third kappa shape index (κ3) is 2.55. The molecule has 1 aromatic rings. The number of aromatic carboxylic acids is 1. The van der Waals surface area contributed by atoms with Crippen molar-refractivity contribution in [2.24, 2.45) is 5.73 Å². The van der Waals surface area contributed by atoms with Crippen LogP contribution in [0.5, 0.6) is 0 Å². The normalized spacial score (nSPS) is 11.9. The summed E-state index contributed by atoms with van der Waals surface area (Å²) < 4.78 is 63.4. The molecule has 0 amide bonds. The third-order valence-electron chi connectivity index (χ3n) is 2.12. The molecular weight excluding hydrogens is 263 g/mol. The molecule has 0 unspecified atom stereocenters. The van der Waals surface area contributed by atoms with Gasteiger partial charge in [-0.15, -0.1) is 0 Å². The lowest BCUT2D eigenvalue weighted by atomic mass is 10.0. The van der Waals surface area contributed by atoms with E-state index in [1.54, 1.807) is 0 Å². The van der Waals surface area contributed by atoms with E-state index in [9.17, 15) is 26.7 Å². The Morgan fingerprint density at radius 3 is 2.33 bits per heavy atom. The number of nitrogens with two attached hydrogens (primary N) is 1. The molecule has 0 radical (unpaired) electrons. The van der Waals surface area contributed by atoms with Crippen molar-refractivity contribution in [2.45, 2.75) is 19.1 Å². The van der Waals surface area contributed by atoms with Crippen LogP contribution in [0, 0.1) is 0 Å². The Bertz CT molecular complexity index is 473. The predicted octanol–water partition coefficient (Wildman–Crippen LogP) is 2.19. The Labute approximate surface area is 97.2 Å². The van der Waals surface area contributed by atoms with Gasteiger partial charge >= 0.3 is 12.1 Å². The summed E-state index contributed by atoms with van der Waals surface area (Å²) >= 11 is 0. The number of hydrogen-bond acceptors (Lipinski definition) is 3. The number of halogens is 5. The van der Waals surface area contributed by atoms with Gasteiger partial charge in [-0.05, 0) is 0 Å². The fraction of sp³-hybridized carbons (Fsp3) is 0.333. The first-order chi connectivity index (χ1) is 8.20. The van der Waals surface area contributed by atoms with Crippen molar-refractivity contribution in [3.8, 4) is 0 Å². The molecule has 1 rings (SSSR count). The first-order valence-corrected chi connectivity index (χ1v) is 4.50. The monoisotopic (exact) mass is 270 g/mol. The van der Waals surface area contributed by atoms with Crippen molar-refractivity contribution in [2.75, 3.05) is 0 Å². The van der Waals surface area contributed by atoms with Gasteiger partial charge in [0.1, 0.15) is 0 Å². The molecule has 100 valence electrons. The lowest BCUT2D eigenvalue weighted by Crippen LogP contribution is -2.20. The quantitative estimate of drug-likeness (QED) is 0.825. The second kappa shape index (κ2) is 4.84. The van der Waals surface area contributed by atoms with Crippen molar-refractivity contribution in [1.82, 2.24) is 4.98 Å². The SMILES string of the molecule is NCc1ncc(C(=O)O)c(C(F)(F)F)c1C(F)F. The van der Waals surface area contributed by atoms with Crippen LogP contribution in [0.15, 0.2) is 6.20 Å². The summed E-state index contributed by atoms with van der Waals surface area (Å²) in [6.07, 6.45) is -8.38. The van der Waals surface area contributed by atoms with Crippen LogP contribution in [-0.4, -0.2) is 16.1 Å². The maximum atomic E-state index is 12.7. The molecule has 0 saturated carbocycles. The Hall–Kier alpha value is -1.77. The zero-order valence-corrected chi connectivity index (χ0v) is 8.63. The molecule has 18 heavy (non-hydrogen) atoms. The van der Waals surface area contributed by atoms with Crippen LogP contribution in [0.3, 0.4) is 0 Å². The molecule has 0 aliphatic carbocycles. The van der Waals surface area contributed by atoms with Crippen molar-refractivity contribution >= 4 is 5.97 Å². The summed E-state index contributed by atoms with van der Waals surface area (Å²) in [6, 6.07) is 0. The van der Waals surface area contributed by atoms with Crippen LogP contribution >= 0.6 is 0 Å². The summed E-state index contributed by atoms with van der Waals surface area (Å²) in [4.78, 5) is 13.9. The zero-order chi connectivity index (χ0) is 14.1. The molecular formula is C9H7F5N2O2. The largest absolute Gasteiger partial charge is 0.478 e. The minimum atomic E-state index is -5.23. The molecule has 1 aromatic heterocycles. The van der Waals surface area contributed by atoms with Gasteiger partial charge in [0.25, 0.3) is 6.43 Å². The standard InChI is InChI=1S/C9H7F5N2O2/c10-7(11)5-4(1-15)16-2-3(8(17)18)6(5)9(12,13)14/h2,7H,1,15H2,(H,17,18). The van der Waals surface area contributed by atoms with Crippen LogP contribution in [0.2, 0.25) is 0 Å². The average Bonchev–Trinajstić information content (AvgIpc) is 2.25. The van der Waals surface area contributed by atoms with E-state index < -0.39 is 47.5 Å². The van der Waals surface area contributed by atoms with Crippen LogP contribution < -0.4 is 5.73 Å². The highest BCUT2D eigenvalue weighted by Gasteiger charge is 2.41. The van der Waals surface area contributed by atoms with Crippen LogP contribution in [0.25, 0.3) is 0 Å². The minimum absolute atomic E-state index is 0.374. The number of aromatic nitrogens is 1. The lowest BCUT2D eigenvalue weighted by Gasteiger charge is -2.17. The number of rotatable bonds is 3. The summed E-state index contributed by atoms with van der Waals surface area (Å²) in [5.74, 6) is -1.99. The number of hydrogen-bond donors (Lipinski definition) is 2. The molecule has 4 nitrogen and oxygen atoms in total. The molecule has 0 saturated heterocycles. The van der Waals surface area contributed by atoms with Crippen LogP contribution in [0.1, 0.15) is 33.6 Å². The summed E-state index contributed by atoms with van der Waals surface area (Å²) in [5, 5.41) is 8.58. The topological polar surface area (TPSA) is 76.2 Å². The van der Waals surface area contributed by atoms with Crippen molar-refractivity contribution in [1.29, 1.82) is 0 Å². The van der Waals surface area contributed by atoms with Gasteiger partial charge in [-0.1, -0.05) is 0 Å². The van der Waals surface area contributed by atoms with E-state index in [0.717, 1.165) is 0 Å². The van der Waals surface area contributed by atoms with Gasteiger partial charge in [0.05, 0.1) is 22.4 Å². The fourth-order valence-corrected chi connectivity index (χ4v) is 1.43. The Morgan fingerprint density at radius 2 is 2.00 bits per heavy atom. The minimum Gasteiger partial charge on any atom is -0.478 e. The number of nitrogens with zero attached hydrogens (tertiary/aromatic N) is 1. The van der Waals surface area contributed by atoms with E-state index in [1.807, 2.05) is 0 Å². The maximum Gasteiger partial charge on any atom is 0.417 e. The molecule has 3 N–H and O–H groups in total. The van der Waals surface area contributed by atoms with Gasteiger partial charge in [-0.25, -0.2) is 13.6 Å². The first-order valence-electron chi connectivity index (χ1n) is 4.50. The van der Waals surface area contributed by atoms with Gasteiger partial charge < -0.3 is 10.8 Å². The second-order valence-electron chi connectivity index (χ2n) is 3.21. The number of pyridine rings is 1. The van der Waals surface area contributed by atoms with E-state index in [2.05, 4.69) is 4.98 Å². The highest BCUT2D eigenvalue weighted by Crippen LogP contribution is 2.39. The molecule has 0 atom stereocenters. The van der Waals surface area contributed by atoms with Gasteiger partial charge in [-0.2, -0.15) is 13.2 Å². The smallest absolute Gasteiger partial charge is 0.417 e. The van der Waals surface area contributed by atoms with Gasteiger partial charge in [-0.3, -0.25) is 4.98 Å². The van der Waals surface area contributed by atoms with Gasteiger partial charge in [0, 0.05) is 12.7 Å². The molecule has 0 aliphatic rings. The van der Waals surface area contributed by atoms with Gasteiger partial charge in [0.15, 0.2) is 0 Å². The average molecular weight is 270 g/mol. The summed E-state index contributed by atoms with van der Waals surface area (Å²) in [7, 11) is 0. The molecule has 0 spiro atoms. The van der Waals surface area contributed by atoms with E-state index in [4.69, 9.17) is 10.8 Å². The van der Waals surface area contributed by atoms with Crippen molar-refractivity contribution < 1.29 is 31.9 Å². The number of carboxylic acid groups (broad SMARTS) is 1. The molecule has 9 heteroatoms. The second-order valence-corrected chi connectivity index (χ2v) is 3.21. The third-order valence-corrected chi connectivity index (χ3v) is 2.12. The van der Waals surface area contributed by atoms with E-state index >= 15 is 0 Å². The zero-order valence-electron chi connectivity index (χ0n) is 8.63. The Kier molecular flexibility index (Phi) is 3.85.